The lowest BCUT2D eigenvalue weighted by molar-refractivity contribution is 1.13. The SMILES string of the molecule is c1ccc(Nc2ccc3c(c2)c(-c2ccccc2)c(-c2ccccc2)n3-c2ccccc2)cc1. The van der Waals surface area contributed by atoms with Crippen LogP contribution < -0.4 is 5.32 Å². The molecule has 1 heterocycles. The summed E-state index contributed by atoms with van der Waals surface area (Å²) in [5.74, 6) is 0. The second-order valence-electron chi connectivity index (χ2n) is 8.35. The van der Waals surface area contributed by atoms with Crippen LogP contribution in [0.15, 0.2) is 140 Å². The van der Waals surface area contributed by atoms with Crippen molar-refractivity contribution in [2.24, 2.45) is 0 Å². The summed E-state index contributed by atoms with van der Waals surface area (Å²) < 4.78 is 2.39. The second kappa shape index (κ2) is 8.76. The third-order valence-corrected chi connectivity index (χ3v) is 6.15. The zero-order valence-electron chi connectivity index (χ0n) is 18.7. The van der Waals surface area contributed by atoms with Gasteiger partial charge in [-0.3, -0.25) is 0 Å². The topological polar surface area (TPSA) is 17.0 Å². The fourth-order valence-electron chi connectivity index (χ4n) is 4.67. The fraction of sp³-hybridized carbons (Fsp3) is 0. The van der Waals surface area contributed by atoms with Crippen LogP contribution in [0.25, 0.3) is 39.0 Å². The molecule has 0 bridgehead atoms. The van der Waals surface area contributed by atoms with Crippen LogP contribution in [0.2, 0.25) is 0 Å². The lowest BCUT2D eigenvalue weighted by atomic mass is 9.98. The molecule has 2 heteroatoms. The Morgan fingerprint density at radius 3 is 1.68 bits per heavy atom. The Labute approximate surface area is 199 Å². The molecular weight excluding hydrogens is 412 g/mol. The summed E-state index contributed by atoms with van der Waals surface area (Å²) in [7, 11) is 0. The van der Waals surface area contributed by atoms with Crippen molar-refractivity contribution in [1.29, 1.82) is 0 Å². The van der Waals surface area contributed by atoms with E-state index in [1.807, 2.05) is 6.07 Å². The molecule has 162 valence electrons. The van der Waals surface area contributed by atoms with Crippen LogP contribution in [0.3, 0.4) is 0 Å². The van der Waals surface area contributed by atoms with E-state index in [2.05, 4.69) is 143 Å². The van der Waals surface area contributed by atoms with Gasteiger partial charge in [-0.2, -0.15) is 0 Å². The maximum absolute atomic E-state index is 3.57. The van der Waals surface area contributed by atoms with E-state index in [0.29, 0.717) is 0 Å². The molecule has 0 atom stereocenters. The van der Waals surface area contributed by atoms with E-state index in [4.69, 9.17) is 0 Å². The predicted molar refractivity (Wildman–Crippen MR) is 144 cm³/mol. The first-order valence-corrected chi connectivity index (χ1v) is 11.6. The minimum Gasteiger partial charge on any atom is -0.356 e. The molecule has 0 saturated carbocycles. The number of hydrogen-bond donors (Lipinski definition) is 1. The quantitative estimate of drug-likeness (QED) is 0.286. The monoisotopic (exact) mass is 436 g/mol. The molecule has 0 spiro atoms. The van der Waals surface area contributed by atoms with Crippen molar-refractivity contribution >= 4 is 22.3 Å². The standard InChI is InChI=1S/C32H24N2/c1-5-13-24(14-6-1)31-29-23-27(33-26-17-9-3-10-18-26)21-22-30(29)34(28-19-11-4-12-20-28)32(31)25-15-7-2-8-16-25/h1-23,33H. The molecular formula is C32H24N2. The first kappa shape index (κ1) is 20.1. The van der Waals surface area contributed by atoms with Crippen LogP contribution in [0.4, 0.5) is 11.4 Å². The van der Waals surface area contributed by atoms with Gasteiger partial charge in [0.15, 0.2) is 0 Å². The molecule has 0 saturated heterocycles. The fourth-order valence-corrected chi connectivity index (χ4v) is 4.67. The van der Waals surface area contributed by atoms with Crippen molar-refractivity contribution in [3.63, 3.8) is 0 Å². The van der Waals surface area contributed by atoms with Gasteiger partial charge in [-0.05, 0) is 53.6 Å². The number of nitrogens with zero attached hydrogens (tertiary/aromatic N) is 1. The molecule has 0 aliphatic heterocycles. The molecule has 34 heavy (non-hydrogen) atoms. The Morgan fingerprint density at radius 1 is 0.471 bits per heavy atom. The molecule has 6 aromatic rings. The van der Waals surface area contributed by atoms with E-state index in [1.54, 1.807) is 0 Å². The highest BCUT2D eigenvalue weighted by atomic mass is 15.0. The van der Waals surface area contributed by atoms with Crippen LogP contribution in [0, 0.1) is 0 Å². The highest BCUT2D eigenvalue weighted by Gasteiger charge is 2.21. The highest BCUT2D eigenvalue weighted by molar-refractivity contribution is 6.07. The summed E-state index contributed by atoms with van der Waals surface area (Å²) in [5.41, 5.74) is 9.32. The summed E-state index contributed by atoms with van der Waals surface area (Å²) in [6.07, 6.45) is 0. The van der Waals surface area contributed by atoms with E-state index in [9.17, 15) is 0 Å². The molecule has 2 nitrogen and oxygen atoms in total. The molecule has 1 aromatic heterocycles. The highest BCUT2D eigenvalue weighted by Crippen LogP contribution is 2.43. The largest absolute Gasteiger partial charge is 0.356 e. The molecule has 1 N–H and O–H groups in total. The van der Waals surface area contributed by atoms with Gasteiger partial charge in [0.1, 0.15) is 0 Å². The van der Waals surface area contributed by atoms with Crippen LogP contribution >= 0.6 is 0 Å². The minimum atomic E-state index is 1.07. The zero-order valence-corrected chi connectivity index (χ0v) is 18.7. The Bertz CT molecular complexity index is 1530. The number of fused-ring (bicyclic) bond motifs is 1. The first-order chi connectivity index (χ1) is 16.9. The van der Waals surface area contributed by atoms with Crippen molar-refractivity contribution in [2.75, 3.05) is 5.32 Å². The molecule has 6 rings (SSSR count). The Balaban J connectivity index is 1.68. The smallest absolute Gasteiger partial charge is 0.0619 e. The number of para-hydroxylation sites is 2. The van der Waals surface area contributed by atoms with E-state index < -0.39 is 0 Å². The minimum absolute atomic E-state index is 1.07. The Kier molecular flexibility index (Phi) is 5.17. The zero-order chi connectivity index (χ0) is 22.7. The lowest BCUT2D eigenvalue weighted by Gasteiger charge is -2.13. The van der Waals surface area contributed by atoms with Crippen LogP contribution in [-0.4, -0.2) is 4.57 Å². The van der Waals surface area contributed by atoms with Gasteiger partial charge in [-0.15, -0.1) is 0 Å². The van der Waals surface area contributed by atoms with Crippen LogP contribution in [-0.2, 0) is 0 Å². The van der Waals surface area contributed by atoms with Gasteiger partial charge in [0.2, 0.25) is 0 Å². The Hall–Kier alpha value is -4.56. The van der Waals surface area contributed by atoms with Gasteiger partial charge in [0.25, 0.3) is 0 Å². The third-order valence-electron chi connectivity index (χ3n) is 6.15. The van der Waals surface area contributed by atoms with Gasteiger partial charge >= 0.3 is 0 Å². The number of nitrogens with one attached hydrogen (secondary N) is 1. The summed E-state index contributed by atoms with van der Waals surface area (Å²) in [5, 5.41) is 4.79. The average molecular weight is 437 g/mol. The molecule has 0 fully saturated rings. The number of benzene rings is 5. The van der Waals surface area contributed by atoms with Crippen molar-refractivity contribution in [2.45, 2.75) is 0 Å². The number of aromatic nitrogens is 1. The maximum atomic E-state index is 3.57. The Morgan fingerprint density at radius 2 is 1.03 bits per heavy atom. The number of anilines is 2. The van der Waals surface area contributed by atoms with Gasteiger partial charge in [-0.25, -0.2) is 0 Å². The van der Waals surface area contributed by atoms with Crippen LogP contribution in [0.5, 0.6) is 0 Å². The summed E-state index contributed by atoms with van der Waals surface area (Å²) >= 11 is 0. The maximum Gasteiger partial charge on any atom is 0.0619 e. The van der Waals surface area contributed by atoms with E-state index in [0.717, 1.165) is 17.1 Å². The van der Waals surface area contributed by atoms with Crippen molar-refractivity contribution in [3.8, 4) is 28.1 Å². The number of rotatable bonds is 5. The van der Waals surface area contributed by atoms with Crippen LogP contribution in [0.1, 0.15) is 0 Å². The van der Waals surface area contributed by atoms with Crippen molar-refractivity contribution in [1.82, 2.24) is 4.57 Å². The van der Waals surface area contributed by atoms with E-state index in [1.165, 1.54) is 33.3 Å². The van der Waals surface area contributed by atoms with E-state index >= 15 is 0 Å². The summed E-state index contributed by atoms with van der Waals surface area (Å²) in [6.45, 7) is 0. The molecule has 0 unspecified atom stereocenters. The molecule has 5 aromatic carbocycles. The first-order valence-electron chi connectivity index (χ1n) is 11.6. The second-order valence-corrected chi connectivity index (χ2v) is 8.35. The molecule has 0 aliphatic rings. The predicted octanol–water partition coefficient (Wildman–Crippen LogP) is 8.71. The van der Waals surface area contributed by atoms with Crippen molar-refractivity contribution < 1.29 is 0 Å². The third kappa shape index (κ3) is 3.66. The lowest BCUT2D eigenvalue weighted by Crippen LogP contribution is -1.97. The van der Waals surface area contributed by atoms with Gasteiger partial charge in [0.05, 0.1) is 11.2 Å². The molecule has 0 radical (unpaired) electrons. The van der Waals surface area contributed by atoms with Gasteiger partial charge < -0.3 is 9.88 Å². The van der Waals surface area contributed by atoms with E-state index in [-0.39, 0.29) is 0 Å². The number of hydrogen-bond acceptors (Lipinski definition) is 1. The molecule has 0 amide bonds. The average Bonchev–Trinajstić information content (AvgIpc) is 3.25. The normalized spacial score (nSPS) is 10.9. The summed E-state index contributed by atoms with van der Waals surface area (Å²) in [4.78, 5) is 0. The van der Waals surface area contributed by atoms with Crippen molar-refractivity contribution in [3.05, 3.63) is 140 Å². The molecule has 0 aliphatic carbocycles. The van der Waals surface area contributed by atoms with Gasteiger partial charge in [-0.1, -0.05) is 97.1 Å². The van der Waals surface area contributed by atoms with Gasteiger partial charge in [0, 0.05) is 28.0 Å². The summed E-state index contributed by atoms with van der Waals surface area (Å²) in [6, 6.07) is 49.0.